The second-order valence-electron chi connectivity index (χ2n) is 7.14. The standard InChI is InChI=1S/C19H39Cl/c1-5-6-7-8-9-10-11-12-13-14-15-16-17-18(2)19(3,4)20/h18H,5-17H2,1-4H3. The Morgan fingerprint density at radius 3 is 1.40 bits per heavy atom. The second-order valence-corrected chi connectivity index (χ2v) is 8.12. The third kappa shape index (κ3) is 13.3. The fourth-order valence-corrected chi connectivity index (χ4v) is 2.74. The summed E-state index contributed by atoms with van der Waals surface area (Å²) in [6.45, 7) is 8.85. The van der Waals surface area contributed by atoms with E-state index in [0.717, 1.165) is 0 Å². The van der Waals surface area contributed by atoms with E-state index in [9.17, 15) is 0 Å². The summed E-state index contributed by atoms with van der Waals surface area (Å²) in [5.74, 6) is 0.632. The highest BCUT2D eigenvalue weighted by Crippen LogP contribution is 2.28. The van der Waals surface area contributed by atoms with Gasteiger partial charge in [-0.15, -0.1) is 11.6 Å². The van der Waals surface area contributed by atoms with Gasteiger partial charge in [0, 0.05) is 4.87 Å². The van der Waals surface area contributed by atoms with Crippen molar-refractivity contribution < 1.29 is 0 Å². The predicted octanol–water partition coefficient (Wildman–Crippen LogP) is 7.73. The van der Waals surface area contributed by atoms with Crippen molar-refractivity contribution in [3.63, 3.8) is 0 Å². The summed E-state index contributed by atoms with van der Waals surface area (Å²) in [4.78, 5) is -0.0300. The van der Waals surface area contributed by atoms with Crippen LogP contribution in [0.25, 0.3) is 0 Å². The van der Waals surface area contributed by atoms with Crippen LogP contribution in [-0.2, 0) is 0 Å². The third-order valence-corrected chi connectivity index (χ3v) is 5.04. The van der Waals surface area contributed by atoms with E-state index in [-0.39, 0.29) is 4.87 Å². The molecule has 1 atom stereocenters. The maximum Gasteiger partial charge on any atom is 0.0416 e. The summed E-state index contributed by atoms with van der Waals surface area (Å²) in [5, 5.41) is 0. The molecule has 0 aliphatic rings. The fraction of sp³-hybridized carbons (Fsp3) is 1.00. The predicted molar refractivity (Wildman–Crippen MR) is 94.8 cm³/mol. The average molecular weight is 303 g/mol. The molecule has 0 aromatic rings. The summed E-state index contributed by atoms with van der Waals surface area (Å²) in [7, 11) is 0. The highest BCUT2D eigenvalue weighted by Gasteiger charge is 2.21. The minimum Gasteiger partial charge on any atom is -0.120 e. The molecule has 0 amide bonds. The molecule has 0 N–H and O–H groups in total. The first-order chi connectivity index (χ1) is 9.48. The van der Waals surface area contributed by atoms with E-state index in [0.29, 0.717) is 5.92 Å². The van der Waals surface area contributed by atoms with E-state index in [1.54, 1.807) is 0 Å². The molecule has 0 saturated heterocycles. The van der Waals surface area contributed by atoms with Gasteiger partial charge in [-0.05, 0) is 26.2 Å². The highest BCUT2D eigenvalue weighted by atomic mass is 35.5. The van der Waals surface area contributed by atoms with E-state index in [1.807, 2.05) is 0 Å². The molecule has 20 heavy (non-hydrogen) atoms. The SMILES string of the molecule is CCCCCCCCCCCCCCC(C)C(C)(C)Cl. The minimum atomic E-state index is -0.0300. The number of rotatable bonds is 14. The topological polar surface area (TPSA) is 0 Å². The Morgan fingerprint density at radius 2 is 1.05 bits per heavy atom. The number of hydrogen-bond donors (Lipinski definition) is 0. The summed E-state index contributed by atoms with van der Waals surface area (Å²) in [6, 6.07) is 0. The molecule has 0 aliphatic carbocycles. The van der Waals surface area contributed by atoms with E-state index in [2.05, 4.69) is 27.7 Å². The van der Waals surface area contributed by atoms with Crippen molar-refractivity contribution >= 4 is 11.6 Å². The lowest BCUT2D eigenvalue weighted by atomic mass is 9.91. The molecule has 0 aromatic carbocycles. The molecular formula is C19H39Cl. The molecule has 0 rings (SSSR count). The monoisotopic (exact) mass is 302 g/mol. The molecule has 0 nitrogen and oxygen atoms in total. The van der Waals surface area contributed by atoms with Crippen LogP contribution in [0.4, 0.5) is 0 Å². The molecular weight excluding hydrogens is 264 g/mol. The zero-order chi connectivity index (χ0) is 15.3. The van der Waals surface area contributed by atoms with Gasteiger partial charge in [-0.3, -0.25) is 0 Å². The van der Waals surface area contributed by atoms with Crippen LogP contribution in [0, 0.1) is 5.92 Å². The lowest BCUT2D eigenvalue weighted by Crippen LogP contribution is -2.21. The van der Waals surface area contributed by atoms with E-state index < -0.39 is 0 Å². The number of hydrogen-bond acceptors (Lipinski definition) is 0. The Labute approximate surface area is 134 Å². The quantitative estimate of drug-likeness (QED) is 0.227. The molecule has 0 aromatic heterocycles. The van der Waals surface area contributed by atoms with Crippen LogP contribution in [0.2, 0.25) is 0 Å². The average Bonchev–Trinajstić information content (AvgIpc) is 2.38. The van der Waals surface area contributed by atoms with Gasteiger partial charge < -0.3 is 0 Å². The molecule has 0 radical (unpaired) electrons. The van der Waals surface area contributed by atoms with Crippen molar-refractivity contribution in [3.8, 4) is 0 Å². The lowest BCUT2D eigenvalue weighted by molar-refractivity contribution is 0.400. The van der Waals surface area contributed by atoms with Crippen LogP contribution in [0.15, 0.2) is 0 Å². The van der Waals surface area contributed by atoms with Crippen molar-refractivity contribution in [3.05, 3.63) is 0 Å². The molecule has 0 heterocycles. The van der Waals surface area contributed by atoms with Gasteiger partial charge in [-0.2, -0.15) is 0 Å². The normalized spacial score (nSPS) is 13.7. The highest BCUT2D eigenvalue weighted by molar-refractivity contribution is 6.23. The van der Waals surface area contributed by atoms with E-state index in [4.69, 9.17) is 11.6 Å². The fourth-order valence-electron chi connectivity index (χ4n) is 2.63. The summed E-state index contributed by atoms with van der Waals surface area (Å²) >= 11 is 6.33. The molecule has 1 unspecified atom stereocenters. The number of alkyl halides is 1. The maximum atomic E-state index is 6.33. The Bertz CT molecular complexity index is 192. The van der Waals surface area contributed by atoms with Gasteiger partial charge in [-0.1, -0.05) is 90.9 Å². The molecule has 0 aliphatic heterocycles. The first-order valence-corrected chi connectivity index (χ1v) is 9.55. The van der Waals surface area contributed by atoms with Gasteiger partial charge in [0.25, 0.3) is 0 Å². The Balaban J connectivity index is 3.14. The summed E-state index contributed by atoms with van der Waals surface area (Å²) in [6.07, 6.45) is 18.4. The maximum absolute atomic E-state index is 6.33. The number of unbranched alkanes of at least 4 members (excludes halogenated alkanes) is 11. The van der Waals surface area contributed by atoms with Crippen molar-refractivity contribution in [2.75, 3.05) is 0 Å². The van der Waals surface area contributed by atoms with Crippen LogP contribution in [0.1, 0.15) is 111 Å². The van der Waals surface area contributed by atoms with E-state index >= 15 is 0 Å². The Hall–Kier alpha value is 0.290. The van der Waals surface area contributed by atoms with Crippen LogP contribution in [0.3, 0.4) is 0 Å². The smallest absolute Gasteiger partial charge is 0.0416 e. The molecule has 0 saturated carbocycles. The summed E-state index contributed by atoms with van der Waals surface area (Å²) in [5.41, 5.74) is 0. The zero-order valence-corrected chi connectivity index (χ0v) is 15.4. The first-order valence-electron chi connectivity index (χ1n) is 9.17. The van der Waals surface area contributed by atoms with Gasteiger partial charge in [-0.25, -0.2) is 0 Å². The molecule has 0 spiro atoms. The second kappa shape index (κ2) is 13.0. The largest absolute Gasteiger partial charge is 0.120 e. The van der Waals surface area contributed by atoms with Crippen LogP contribution in [-0.4, -0.2) is 4.87 Å². The molecule has 0 fully saturated rings. The van der Waals surface area contributed by atoms with Crippen molar-refractivity contribution in [1.29, 1.82) is 0 Å². The van der Waals surface area contributed by atoms with Gasteiger partial charge in [0.2, 0.25) is 0 Å². The molecule has 1 heteroatoms. The van der Waals surface area contributed by atoms with Crippen molar-refractivity contribution in [1.82, 2.24) is 0 Å². The first kappa shape index (κ1) is 20.3. The molecule has 0 bridgehead atoms. The van der Waals surface area contributed by atoms with Gasteiger partial charge in [0.15, 0.2) is 0 Å². The van der Waals surface area contributed by atoms with Crippen LogP contribution >= 0.6 is 11.6 Å². The van der Waals surface area contributed by atoms with Crippen molar-refractivity contribution in [2.24, 2.45) is 5.92 Å². The number of halogens is 1. The summed E-state index contributed by atoms with van der Waals surface area (Å²) < 4.78 is 0. The van der Waals surface area contributed by atoms with Crippen molar-refractivity contribution in [2.45, 2.75) is 116 Å². The zero-order valence-electron chi connectivity index (χ0n) is 14.6. The van der Waals surface area contributed by atoms with Crippen LogP contribution < -0.4 is 0 Å². The third-order valence-electron chi connectivity index (χ3n) is 4.66. The Kier molecular flexibility index (Phi) is 13.2. The lowest BCUT2D eigenvalue weighted by Gasteiger charge is -2.24. The van der Waals surface area contributed by atoms with Gasteiger partial charge >= 0.3 is 0 Å². The van der Waals surface area contributed by atoms with Gasteiger partial charge in [0.05, 0.1) is 0 Å². The van der Waals surface area contributed by atoms with E-state index in [1.165, 1.54) is 83.5 Å². The van der Waals surface area contributed by atoms with Gasteiger partial charge in [0.1, 0.15) is 0 Å². The minimum absolute atomic E-state index is 0.0300. The molecule has 122 valence electrons. The van der Waals surface area contributed by atoms with Crippen LogP contribution in [0.5, 0.6) is 0 Å². The Morgan fingerprint density at radius 1 is 0.700 bits per heavy atom.